The highest BCUT2D eigenvalue weighted by Crippen LogP contribution is 2.34. The van der Waals surface area contributed by atoms with Gasteiger partial charge in [-0.1, -0.05) is 15.9 Å². The SMILES string of the molecule is COc1cc(NC(=O)c2cc(Br)ccc2F)c(Br)cc1Br. The summed E-state index contributed by atoms with van der Waals surface area (Å²) >= 11 is 9.90. The highest BCUT2D eigenvalue weighted by atomic mass is 79.9. The molecule has 21 heavy (non-hydrogen) atoms. The zero-order valence-corrected chi connectivity index (χ0v) is 15.5. The summed E-state index contributed by atoms with van der Waals surface area (Å²) in [5, 5.41) is 2.65. The third-order valence-electron chi connectivity index (χ3n) is 2.66. The van der Waals surface area contributed by atoms with Gasteiger partial charge < -0.3 is 10.1 Å². The summed E-state index contributed by atoms with van der Waals surface area (Å²) < 4.78 is 20.9. The molecule has 3 nitrogen and oxygen atoms in total. The molecule has 0 atom stereocenters. The van der Waals surface area contributed by atoms with Crippen LogP contribution in [0.15, 0.2) is 43.7 Å². The van der Waals surface area contributed by atoms with Crippen LogP contribution < -0.4 is 10.1 Å². The highest BCUT2D eigenvalue weighted by molar-refractivity contribution is 9.11. The second-order valence-electron chi connectivity index (χ2n) is 4.04. The Bertz CT molecular complexity index is 707. The van der Waals surface area contributed by atoms with Crippen molar-refractivity contribution in [3.05, 3.63) is 55.1 Å². The van der Waals surface area contributed by atoms with Crippen molar-refractivity contribution in [1.82, 2.24) is 0 Å². The summed E-state index contributed by atoms with van der Waals surface area (Å²) in [6.07, 6.45) is 0. The summed E-state index contributed by atoms with van der Waals surface area (Å²) in [4.78, 5) is 12.2. The molecule has 0 spiro atoms. The Hall–Kier alpha value is -0.920. The molecule has 2 aromatic rings. The predicted molar refractivity (Wildman–Crippen MR) is 90.4 cm³/mol. The van der Waals surface area contributed by atoms with Crippen LogP contribution >= 0.6 is 47.8 Å². The normalized spacial score (nSPS) is 10.3. The van der Waals surface area contributed by atoms with Crippen molar-refractivity contribution in [2.24, 2.45) is 0 Å². The summed E-state index contributed by atoms with van der Waals surface area (Å²) in [5.74, 6) is -0.571. The molecule has 0 radical (unpaired) electrons. The number of amides is 1. The number of anilines is 1. The van der Waals surface area contributed by atoms with Crippen LogP contribution in [-0.2, 0) is 0 Å². The molecule has 0 unspecified atom stereocenters. The van der Waals surface area contributed by atoms with Crippen LogP contribution in [-0.4, -0.2) is 13.0 Å². The monoisotopic (exact) mass is 479 g/mol. The van der Waals surface area contributed by atoms with Gasteiger partial charge in [-0.25, -0.2) is 4.39 Å². The molecule has 1 N–H and O–H groups in total. The van der Waals surface area contributed by atoms with E-state index in [4.69, 9.17) is 4.74 Å². The van der Waals surface area contributed by atoms with E-state index in [0.717, 1.165) is 4.47 Å². The molecule has 1 amide bonds. The average Bonchev–Trinajstić information content (AvgIpc) is 2.44. The Morgan fingerprint density at radius 1 is 1.14 bits per heavy atom. The number of benzene rings is 2. The molecule has 0 bridgehead atoms. The minimum absolute atomic E-state index is 0.0434. The first-order valence-corrected chi connectivity index (χ1v) is 8.09. The van der Waals surface area contributed by atoms with Crippen molar-refractivity contribution in [2.45, 2.75) is 0 Å². The summed E-state index contributed by atoms with van der Waals surface area (Å²) in [6, 6.07) is 7.57. The Balaban J connectivity index is 2.33. The van der Waals surface area contributed by atoms with Crippen molar-refractivity contribution in [3.8, 4) is 5.75 Å². The molecule has 0 saturated carbocycles. The molecule has 7 heteroatoms. The minimum Gasteiger partial charge on any atom is -0.495 e. The second kappa shape index (κ2) is 6.89. The van der Waals surface area contributed by atoms with Crippen LogP contribution in [0, 0.1) is 5.82 Å². The third-order valence-corrected chi connectivity index (χ3v) is 4.43. The molecular formula is C14H9Br3FNO2. The number of nitrogens with one attached hydrogen (secondary N) is 1. The van der Waals surface area contributed by atoms with E-state index < -0.39 is 11.7 Å². The van der Waals surface area contributed by atoms with E-state index in [1.54, 1.807) is 12.1 Å². The zero-order chi connectivity index (χ0) is 15.6. The standard InChI is InChI=1S/C14H9Br3FNO2/c1-21-13-6-12(9(16)5-10(13)17)19-14(20)8-4-7(15)2-3-11(8)18/h2-6H,1H3,(H,19,20). The van der Waals surface area contributed by atoms with Crippen molar-refractivity contribution in [3.63, 3.8) is 0 Å². The van der Waals surface area contributed by atoms with Crippen LogP contribution in [0.5, 0.6) is 5.75 Å². The molecule has 0 fully saturated rings. The molecule has 0 aliphatic carbocycles. The number of methoxy groups -OCH3 is 1. The fraction of sp³-hybridized carbons (Fsp3) is 0.0714. The van der Waals surface area contributed by atoms with Gasteiger partial charge in [0.1, 0.15) is 11.6 Å². The van der Waals surface area contributed by atoms with E-state index >= 15 is 0 Å². The number of hydrogen-bond acceptors (Lipinski definition) is 2. The zero-order valence-electron chi connectivity index (χ0n) is 10.7. The first-order chi connectivity index (χ1) is 9.92. The van der Waals surface area contributed by atoms with Gasteiger partial charge in [0.05, 0.1) is 22.8 Å². The van der Waals surface area contributed by atoms with Crippen LogP contribution in [0.4, 0.5) is 10.1 Å². The predicted octanol–water partition coefficient (Wildman–Crippen LogP) is 5.37. The molecule has 2 rings (SSSR count). The lowest BCUT2D eigenvalue weighted by atomic mass is 10.2. The molecule has 0 aliphatic rings. The van der Waals surface area contributed by atoms with Crippen molar-refractivity contribution >= 4 is 59.4 Å². The van der Waals surface area contributed by atoms with Gasteiger partial charge in [-0.05, 0) is 56.1 Å². The third kappa shape index (κ3) is 3.84. The number of rotatable bonds is 3. The van der Waals surface area contributed by atoms with Crippen molar-refractivity contribution in [2.75, 3.05) is 12.4 Å². The maximum Gasteiger partial charge on any atom is 0.258 e. The minimum atomic E-state index is -0.587. The van der Waals surface area contributed by atoms with Gasteiger partial charge in [-0.15, -0.1) is 0 Å². The fourth-order valence-electron chi connectivity index (χ4n) is 1.64. The Labute approximate surface area is 146 Å². The number of carbonyl (C=O) groups is 1. The van der Waals surface area contributed by atoms with Gasteiger partial charge in [-0.3, -0.25) is 4.79 Å². The molecule has 110 valence electrons. The quantitative estimate of drug-likeness (QED) is 0.639. The van der Waals surface area contributed by atoms with E-state index in [-0.39, 0.29) is 5.56 Å². The maximum absolute atomic E-state index is 13.7. The lowest BCUT2D eigenvalue weighted by molar-refractivity contribution is 0.102. The van der Waals surface area contributed by atoms with Gasteiger partial charge >= 0.3 is 0 Å². The number of carbonyl (C=O) groups excluding carboxylic acids is 1. The van der Waals surface area contributed by atoms with E-state index in [9.17, 15) is 9.18 Å². The smallest absolute Gasteiger partial charge is 0.258 e. The summed E-state index contributed by atoms with van der Waals surface area (Å²) in [5.41, 5.74) is 0.442. The van der Waals surface area contributed by atoms with Crippen LogP contribution in [0.3, 0.4) is 0 Å². The summed E-state index contributed by atoms with van der Waals surface area (Å²) in [6.45, 7) is 0. The van der Waals surface area contributed by atoms with E-state index in [0.29, 0.717) is 20.4 Å². The average molecular weight is 482 g/mol. The highest BCUT2D eigenvalue weighted by Gasteiger charge is 2.15. The summed E-state index contributed by atoms with van der Waals surface area (Å²) in [7, 11) is 1.52. The van der Waals surface area contributed by atoms with Crippen molar-refractivity contribution in [1.29, 1.82) is 0 Å². The molecule has 0 heterocycles. The lowest BCUT2D eigenvalue weighted by Gasteiger charge is -2.11. The number of halogens is 4. The van der Waals surface area contributed by atoms with Gasteiger partial charge in [0.25, 0.3) is 5.91 Å². The van der Waals surface area contributed by atoms with Gasteiger partial charge in [0.15, 0.2) is 0 Å². The van der Waals surface area contributed by atoms with E-state index in [2.05, 4.69) is 53.1 Å². The maximum atomic E-state index is 13.7. The topological polar surface area (TPSA) is 38.3 Å². The van der Waals surface area contributed by atoms with Gasteiger partial charge in [-0.2, -0.15) is 0 Å². The van der Waals surface area contributed by atoms with Crippen LogP contribution in [0.2, 0.25) is 0 Å². The fourth-order valence-corrected chi connectivity index (χ4v) is 3.26. The van der Waals surface area contributed by atoms with Crippen LogP contribution in [0.1, 0.15) is 10.4 Å². The van der Waals surface area contributed by atoms with E-state index in [1.807, 2.05) is 0 Å². The number of ether oxygens (including phenoxy) is 1. The van der Waals surface area contributed by atoms with Gasteiger partial charge in [0, 0.05) is 15.0 Å². The molecule has 0 aromatic heterocycles. The van der Waals surface area contributed by atoms with Gasteiger partial charge in [0.2, 0.25) is 0 Å². The molecule has 2 aromatic carbocycles. The largest absolute Gasteiger partial charge is 0.495 e. The molecular weight excluding hydrogens is 473 g/mol. The second-order valence-corrected chi connectivity index (χ2v) is 6.67. The van der Waals surface area contributed by atoms with Crippen LogP contribution in [0.25, 0.3) is 0 Å². The van der Waals surface area contributed by atoms with E-state index in [1.165, 1.54) is 25.3 Å². The Morgan fingerprint density at radius 3 is 2.52 bits per heavy atom. The lowest BCUT2D eigenvalue weighted by Crippen LogP contribution is -2.14. The molecule has 0 saturated heterocycles. The Morgan fingerprint density at radius 2 is 1.86 bits per heavy atom. The first kappa shape index (κ1) is 16.5. The van der Waals surface area contributed by atoms with Crippen molar-refractivity contribution < 1.29 is 13.9 Å². The molecule has 0 aliphatic heterocycles. The first-order valence-electron chi connectivity index (χ1n) is 5.72. The Kier molecular flexibility index (Phi) is 5.40. The number of hydrogen-bond donors (Lipinski definition) is 1.